The first-order valence-electron chi connectivity index (χ1n) is 39.2. The van der Waals surface area contributed by atoms with Crippen LogP contribution in [0, 0.1) is 13.8 Å². The summed E-state index contributed by atoms with van der Waals surface area (Å²) in [4.78, 5) is 174. The minimum atomic E-state index is -0.734. The van der Waals surface area contributed by atoms with E-state index in [1.165, 1.54) is 72.3 Å². The highest BCUT2D eigenvalue weighted by Crippen LogP contribution is 2.41. The first kappa shape index (κ1) is 97.2. The molecular formula is C91H88N8O18S9. The maximum absolute atomic E-state index is 12.3. The molecule has 35 heteroatoms. The lowest BCUT2D eigenvalue weighted by molar-refractivity contribution is -0.130. The topological polar surface area (TPSA) is 332 Å². The van der Waals surface area contributed by atoms with Gasteiger partial charge >= 0.3 is 0 Å². The lowest BCUT2D eigenvalue weighted by Gasteiger charge is -2.18. The van der Waals surface area contributed by atoms with Gasteiger partial charge in [0.15, 0.2) is 21.1 Å². The van der Waals surface area contributed by atoms with Crippen molar-refractivity contribution in [2.45, 2.75) is 172 Å². The number of amides is 12. The van der Waals surface area contributed by atoms with E-state index in [2.05, 4.69) is 9.98 Å². The van der Waals surface area contributed by atoms with Crippen molar-refractivity contribution in [2.24, 2.45) is 4.99 Å². The van der Waals surface area contributed by atoms with Crippen LogP contribution in [0.15, 0.2) is 264 Å². The highest BCUT2D eigenvalue weighted by molar-refractivity contribution is 8.20. The molecule has 2 aromatic carbocycles. The van der Waals surface area contributed by atoms with Crippen LogP contribution in [0.2, 0.25) is 0 Å². The number of ketones is 1. The summed E-state index contributed by atoms with van der Waals surface area (Å²) in [6, 6.07) is 40.3. The summed E-state index contributed by atoms with van der Waals surface area (Å²) in [5.74, 6) is 1.79. The van der Waals surface area contributed by atoms with Crippen molar-refractivity contribution < 1.29 is 84.4 Å². The van der Waals surface area contributed by atoms with Gasteiger partial charge in [-0.1, -0.05) is 84.1 Å². The van der Waals surface area contributed by atoms with Gasteiger partial charge < -0.3 is 22.1 Å². The molecule has 126 heavy (non-hydrogen) atoms. The van der Waals surface area contributed by atoms with Gasteiger partial charge in [0.05, 0.1) is 46.8 Å². The van der Waals surface area contributed by atoms with E-state index < -0.39 is 17.2 Å². The SMILES string of the molecule is CC(/C=C1\SC(=O)N(C(C)C)C1=O)=C\c1ccccc1.CC(=O)C(C)N1C(=O)S/C(=C\C=C\c2ccco2)C1=O.CC(C)N1C(=O)S/C(=C\c2ccc(SC3=NC=CC3)o2)C1=O.CC(C)N1C(=O)S/C(=C\c2ccc(Sc3ccccn3)o2)C1=O.Cc1ccc(/C=C2\SC(=O)N(C(C)C)C2=O)o1.Cc1ccc(Sc2ccc(/C=C3\SC(=O)N(C(C)C)C3=O)o2)cc1. The standard InChI is InChI=1S/C18H17NO3S2.C16H14N2O3S2.C16H17NO2S.C15H14N2O3S2.C14H13NO4S.C12H13NO3S/c1-11(2)19-17(20)15(24-18(19)21)10-13-6-9-16(22-13)23-14-7-4-12(3)5-8-14;1-10(2)18-15(19)12(22-16(18)20)9-11-6-7-14(21-11)23-13-5-3-4-8-17-13;1-11(2)17-15(18)14(20-16(17)19)10-12(3)9-13-7-5-4-6-8-13;1-9(2)17-14(18)11(21-15(17)19)8-10-5-6-13(20-10)22-12-4-3-7-16-12;1-9(10(2)16)15-13(17)12(20-14(15)18)7-3-5-11-6-4-8-19-11;1-7(2)13-11(14)10(17-12(13)15)6-9-5-4-8(3)16-9/h4-11H,1-3H3;3-10H,1-2H3;4-11H,1-3H3;3,5-9H,4H2,1-2H3;3-9H,1-2H3;4-7H,1-3H3/b15-10-;12-9-;12-9+,14-10-;11-8-;5-3+,12-7-;10-6-. The fourth-order valence-corrected chi connectivity index (χ4v) is 19.5. The number of thioether (sulfide) groups is 7. The molecule has 1 atom stereocenters. The summed E-state index contributed by atoms with van der Waals surface area (Å²) < 4.78 is 27.6. The molecule has 7 aliphatic rings. The van der Waals surface area contributed by atoms with Crippen molar-refractivity contribution in [3.63, 3.8) is 0 Å². The minimum Gasteiger partial charge on any atom is -0.465 e. The largest absolute Gasteiger partial charge is 0.465 e. The molecule has 0 aliphatic carbocycles. The summed E-state index contributed by atoms with van der Waals surface area (Å²) in [5, 5.41) is 2.39. The third kappa shape index (κ3) is 26.6. The quantitative estimate of drug-likeness (QED) is 0.0640. The average molecular weight is 1870 g/mol. The second-order valence-electron chi connectivity index (χ2n) is 29.1. The van der Waals surface area contributed by atoms with E-state index in [-0.39, 0.29) is 91.7 Å². The van der Waals surface area contributed by atoms with Crippen molar-refractivity contribution in [3.05, 3.63) is 257 Å². The molecule has 0 saturated carbocycles. The molecule has 0 bridgehead atoms. The Bertz CT molecular complexity index is 5780. The summed E-state index contributed by atoms with van der Waals surface area (Å²) in [6.45, 7) is 26.9. The third-order valence-corrected chi connectivity index (χ3v) is 25.7. The molecule has 6 fully saturated rings. The Morgan fingerprint density at radius 3 is 1.24 bits per heavy atom. The number of carbonyl (C=O) groups excluding carboxylic acids is 13. The molecule has 1 unspecified atom stereocenters. The van der Waals surface area contributed by atoms with E-state index in [9.17, 15) is 62.3 Å². The number of hydrogen-bond donors (Lipinski definition) is 0. The van der Waals surface area contributed by atoms with Crippen LogP contribution >= 0.6 is 106 Å². The second-order valence-corrected chi connectivity index (χ2v) is 38.2. The number of aliphatic imine (C=N–C) groups is 1. The Hall–Kier alpha value is -11.0. The first-order chi connectivity index (χ1) is 60.0. The second kappa shape index (κ2) is 45.4. The molecule has 0 spiro atoms. The fourth-order valence-electron chi connectivity index (χ4n) is 11.5. The molecule has 13 heterocycles. The predicted octanol–water partition coefficient (Wildman–Crippen LogP) is 23.5. The van der Waals surface area contributed by atoms with E-state index in [1.54, 1.807) is 111 Å². The highest BCUT2D eigenvalue weighted by atomic mass is 32.2. The molecule has 7 aliphatic heterocycles. The van der Waals surface area contributed by atoms with Gasteiger partial charge in [-0.2, -0.15) is 0 Å². The number of pyridine rings is 1. The van der Waals surface area contributed by atoms with Gasteiger partial charge in [-0.25, -0.2) is 4.98 Å². The number of Topliss-reactive ketones (excluding diaryl/α,β-unsaturated/α-hetero) is 1. The normalized spacial score (nSPS) is 18.3. The van der Waals surface area contributed by atoms with Gasteiger partial charge in [0, 0.05) is 78.2 Å². The summed E-state index contributed by atoms with van der Waals surface area (Å²) in [7, 11) is 0. The minimum absolute atomic E-state index is 0.105. The highest BCUT2D eigenvalue weighted by Gasteiger charge is 2.43. The molecule has 15 rings (SSSR count). The van der Waals surface area contributed by atoms with Crippen LogP contribution in [0.25, 0.3) is 36.5 Å². The Balaban J connectivity index is 0.000000158. The van der Waals surface area contributed by atoms with Crippen LogP contribution in [0.1, 0.15) is 142 Å². The molecular weight excluding hydrogens is 1780 g/mol. The number of hydrogen-bond acceptors (Lipinski definition) is 29. The van der Waals surface area contributed by atoms with Crippen molar-refractivity contribution >= 4 is 220 Å². The first-order valence-corrected chi connectivity index (χ1v) is 46.5. The van der Waals surface area contributed by atoms with Crippen molar-refractivity contribution in [2.75, 3.05) is 0 Å². The van der Waals surface area contributed by atoms with Gasteiger partial charge in [-0.3, -0.25) is 96.7 Å². The van der Waals surface area contributed by atoms with Gasteiger partial charge in [-0.15, -0.1) is 0 Å². The van der Waals surface area contributed by atoms with Gasteiger partial charge in [0.1, 0.15) is 39.6 Å². The van der Waals surface area contributed by atoms with E-state index in [4.69, 9.17) is 22.1 Å². The molecule has 6 aromatic heterocycles. The van der Waals surface area contributed by atoms with E-state index in [1.807, 2.05) is 199 Å². The number of rotatable bonds is 20. The number of aryl methyl sites for hydroxylation is 2. The smallest absolute Gasteiger partial charge is 0.294 e. The Morgan fingerprint density at radius 2 is 0.833 bits per heavy atom. The van der Waals surface area contributed by atoms with Crippen LogP contribution in [0.4, 0.5) is 28.8 Å². The summed E-state index contributed by atoms with van der Waals surface area (Å²) in [5.41, 5.74) is 3.23. The van der Waals surface area contributed by atoms with Crippen LogP contribution in [0.5, 0.6) is 0 Å². The fraction of sp³-hybridized carbons (Fsp3) is 0.242. The number of furan rings is 5. The summed E-state index contributed by atoms with van der Waals surface area (Å²) in [6.07, 6.45) is 22.9. The van der Waals surface area contributed by atoms with Crippen LogP contribution in [-0.4, -0.2) is 148 Å². The number of allylic oxidation sites excluding steroid dienone is 5. The molecule has 654 valence electrons. The lowest BCUT2D eigenvalue weighted by Crippen LogP contribution is -2.40. The van der Waals surface area contributed by atoms with E-state index >= 15 is 0 Å². The van der Waals surface area contributed by atoms with E-state index in [0.29, 0.717) is 63.3 Å². The van der Waals surface area contributed by atoms with Crippen LogP contribution in [-0.2, 0) is 33.6 Å². The maximum atomic E-state index is 12.3. The van der Waals surface area contributed by atoms with Crippen molar-refractivity contribution in [3.8, 4) is 0 Å². The van der Waals surface area contributed by atoms with Gasteiger partial charge in [0.2, 0.25) is 0 Å². The number of carbonyl (C=O) groups is 13. The van der Waals surface area contributed by atoms with Crippen LogP contribution in [0.3, 0.4) is 0 Å². The number of benzene rings is 2. The number of aromatic nitrogens is 1. The Morgan fingerprint density at radius 1 is 0.421 bits per heavy atom. The Kier molecular flexibility index (Phi) is 35.0. The average Bonchev–Trinajstić information content (AvgIpc) is 1.68. The maximum Gasteiger partial charge on any atom is 0.294 e. The zero-order valence-corrected chi connectivity index (χ0v) is 78.3. The van der Waals surface area contributed by atoms with Crippen molar-refractivity contribution in [1.82, 2.24) is 34.4 Å². The number of nitrogens with zero attached hydrogens (tertiary/aromatic N) is 8. The van der Waals surface area contributed by atoms with Crippen molar-refractivity contribution in [1.29, 1.82) is 0 Å². The molecule has 26 nitrogen and oxygen atoms in total. The van der Waals surface area contributed by atoms with E-state index in [0.717, 1.165) is 124 Å². The van der Waals surface area contributed by atoms with Crippen LogP contribution < -0.4 is 0 Å². The van der Waals surface area contributed by atoms with Gasteiger partial charge in [0.25, 0.3) is 66.9 Å². The molecule has 0 N–H and O–H groups in total. The molecule has 8 aromatic rings. The summed E-state index contributed by atoms with van der Waals surface area (Å²) >= 11 is 10.00. The molecule has 12 amide bonds. The zero-order valence-electron chi connectivity index (χ0n) is 71.0. The molecule has 0 radical (unpaired) electrons. The number of imide groups is 6. The third-order valence-electron chi connectivity index (χ3n) is 17.7. The predicted molar refractivity (Wildman–Crippen MR) is 501 cm³/mol. The zero-order chi connectivity index (χ0) is 91.3. The lowest BCUT2D eigenvalue weighted by atomic mass is 10.1. The monoisotopic (exact) mass is 1870 g/mol. The van der Waals surface area contributed by atoms with Gasteiger partial charge in [-0.05, 0) is 312 Å². The Labute approximate surface area is 766 Å². The molecule has 6 saturated heterocycles.